The second-order valence-electron chi connectivity index (χ2n) is 5.64. The largest absolute Gasteiger partial charge is 0.480 e. The molecule has 0 aliphatic heterocycles. The van der Waals surface area contributed by atoms with Crippen LogP contribution in [0.15, 0.2) is 57.5 Å². The van der Waals surface area contributed by atoms with Gasteiger partial charge in [-0.1, -0.05) is 28.9 Å². The molecule has 4 aromatic rings. The van der Waals surface area contributed by atoms with Gasteiger partial charge in [0.15, 0.2) is 0 Å². The summed E-state index contributed by atoms with van der Waals surface area (Å²) in [5, 5.41) is 5.12. The second-order valence-corrected chi connectivity index (χ2v) is 6.50. The topological polar surface area (TPSA) is 61.0 Å². The first kappa shape index (κ1) is 15.8. The van der Waals surface area contributed by atoms with E-state index in [1.54, 1.807) is 7.11 Å². The van der Waals surface area contributed by atoms with Gasteiger partial charge in [0.1, 0.15) is 0 Å². The van der Waals surface area contributed by atoms with E-state index in [2.05, 4.69) is 37.1 Å². The lowest BCUT2D eigenvalue weighted by Gasteiger charge is -2.07. The van der Waals surface area contributed by atoms with Gasteiger partial charge in [-0.05, 0) is 53.2 Å². The highest BCUT2D eigenvalue weighted by atomic mass is 79.9. The van der Waals surface area contributed by atoms with Crippen molar-refractivity contribution in [2.24, 2.45) is 0 Å². The van der Waals surface area contributed by atoms with Gasteiger partial charge < -0.3 is 9.26 Å². The van der Waals surface area contributed by atoms with Crippen LogP contribution in [0.3, 0.4) is 0 Å². The summed E-state index contributed by atoms with van der Waals surface area (Å²) in [4.78, 5) is 9.08. The van der Waals surface area contributed by atoms with Crippen LogP contribution in [0.5, 0.6) is 5.88 Å². The van der Waals surface area contributed by atoms with Crippen molar-refractivity contribution in [3.8, 4) is 28.7 Å². The second kappa shape index (κ2) is 6.29. The van der Waals surface area contributed by atoms with Crippen molar-refractivity contribution < 1.29 is 9.26 Å². The van der Waals surface area contributed by atoms with Crippen molar-refractivity contribution >= 4 is 26.8 Å². The fourth-order valence-electron chi connectivity index (χ4n) is 2.67. The molecule has 0 unspecified atom stereocenters. The number of nitrogens with zero attached hydrogens (tertiary/aromatic N) is 3. The number of ether oxygens (including phenoxy) is 1. The Morgan fingerprint density at radius 2 is 1.84 bits per heavy atom. The first-order chi connectivity index (χ1) is 12.2. The molecule has 2 aromatic carbocycles. The molecule has 5 nitrogen and oxygen atoms in total. The highest BCUT2D eigenvalue weighted by molar-refractivity contribution is 9.10. The van der Waals surface area contributed by atoms with Gasteiger partial charge in [0.25, 0.3) is 5.89 Å². The van der Waals surface area contributed by atoms with Gasteiger partial charge in [-0.3, -0.25) is 0 Å². The lowest BCUT2D eigenvalue weighted by atomic mass is 10.1. The zero-order chi connectivity index (χ0) is 17.4. The van der Waals surface area contributed by atoms with Crippen molar-refractivity contribution in [3.05, 3.63) is 58.6 Å². The summed E-state index contributed by atoms with van der Waals surface area (Å²) >= 11 is 3.50. The molecule has 25 heavy (non-hydrogen) atoms. The molecule has 0 amide bonds. The van der Waals surface area contributed by atoms with Crippen LogP contribution in [-0.2, 0) is 0 Å². The summed E-state index contributed by atoms with van der Waals surface area (Å²) in [7, 11) is 1.58. The maximum atomic E-state index is 5.45. The van der Waals surface area contributed by atoms with E-state index in [0.29, 0.717) is 23.2 Å². The molecule has 0 fully saturated rings. The van der Waals surface area contributed by atoms with Crippen molar-refractivity contribution in [1.29, 1.82) is 0 Å². The average molecular weight is 396 g/mol. The van der Waals surface area contributed by atoms with Gasteiger partial charge >= 0.3 is 0 Å². The quantitative estimate of drug-likeness (QED) is 0.486. The van der Waals surface area contributed by atoms with Gasteiger partial charge in [-0.25, -0.2) is 4.98 Å². The summed E-state index contributed by atoms with van der Waals surface area (Å²) in [5.74, 6) is 1.35. The number of aromatic nitrogens is 3. The van der Waals surface area contributed by atoms with E-state index in [4.69, 9.17) is 9.26 Å². The summed E-state index contributed by atoms with van der Waals surface area (Å²) in [6, 6.07) is 15.7. The maximum Gasteiger partial charge on any atom is 0.259 e. The monoisotopic (exact) mass is 395 g/mol. The third kappa shape index (κ3) is 2.89. The minimum atomic E-state index is 0.439. The number of rotatable bonds is 3. The number of fused-ring (bicyclic) bond motifs is 1. The molecule has 2 aromatic heterocycles. The molecule has 0 saturated heterocycles. The predicted molar refractivity (Wildman–Crippen MR) is 99.5 cm³/mol. The molecule has 124 valence electrons. The van der Waals surface area contributed by atoms with Crippen molar-refractivity contribution in [3.63, 3.8) is 0 Å². The molecule has 0 aliphatic rings. The lowest BCUT2D eigenvalue weighted by Crippen LogP contribution is -1.94. The van der Waals surface area contributed by atoms with Gasteiger partial charge in [-0.15, -0.1) is 0 Å². The fraction of sp³-hybridized carbons (Fsp3) is 0.105. The molecule has 0 saturated carbocycles. The van der Waals surface area contributed by atoms with Crippen LogP contribution in [0.4, 0.5) is 0 Å². The third-order valence-electron chi connectivity index (χ3n) is 3.90. The Kier molecular flexibility index (Phi) is 3.97. The van der Waals surface area contributed by atoms with Crippen molar-refractivity contribution in [2.45, 2.75) is 6.92 Å². The molecule has 0 aliphatic carbocycles. The number of benzene rings is 2. The van der Waals surface area contributed by atoms with E-state index in [1.807, 2.05) is 49.4 Å². The number of methoxy groups -OCH3 is 1. The van der Waals surface area contributed by atoms with E-state index in [-0.39, 0.29) is 0 Å². The van der Waals surface area contributed by atoms with Gasteiger partial charge in [-0.2, -0.15) is 4.98 Å². The van der Waals surface area contributed by atoms with Gasteiger partial charge in [0, 0.05) is 9.86 Å². The van der Waals surface area contributed by atoms with Crippen LogP contribution in [0.25, 0.3) is 33.7 Å². The molecule has 0 atom stereocenters. The van der Waals surface area contributed by atoms with Crippen molar-refractivity contribution in [1.82, 2.24) is 15.1 Å². The van der Waals surface area contributed by atoms with Gasteiger partial charge in [0.05, 0.1) is 23.8 Å². The molecule has 6 heteroatoms. The maximum absolute atomic E-state index is 5.45. The number of hydrogen-bond donors (Lipinski definition) is 0. The Hall–Kier alpha value is -2.73. The zero-order valence-electron chi connectivity index (χ0n) is 13.7. The molecule has 0 radical (unpaired) electrons. The highest BCUT2D eigenvalue weighted by Crippen LogP contribution is 2.33. The Morgan fingerprint density at radius 3 is 2.64 bits per heavy atom. The smallest absolute Gasteiger partial charge is 0.259 e. The van der Waals surface area contributed by atoms with Crippen LogP contribution >= 0.6 is 15.9 Å². The fourth-order valence-corrected chi connectivity index (χ4v) is 3.13. The SMILES string of the molecule is COc1nc2ccc(C)cc2cc1-c1noc(-c2ccccc2Br)n1. The summed E-state index contributed by atoms with van der Waals surface area (Å²) in [6.45, 7) is 2.04. The molecule has 0 N–H and O–H groups in total. The molecule has 0 bridgehead atoms. The minimum Gasteiger partial charge on any atom is -0.480 e. The number of halogens is 1. The molecule has 4 rings (SSSR count). The molecular weight excluding hydrogens is 382 g/mol. The predicted octanol–water partition coefficient (Wildman–Crippen LogP) is 5.03. The minimum absolute atomic E-state index is 0.439. The Labute approximate surface area is 152 Å². The Bertz CT molecular complexity index is 1080. The first-order valence-corrected chi connectivity index (χ1v) is 8.49. The van der Waals surface area contributed by atoms with E-state index < -0.39 is 0 Å². The van der Waals surface area contributed by atoms with E-state index in [9.17, 15) is 0 Å². The standard InChI is InChI=1S/C19H14BrN3O2/c1-11-7-8-16-12(9-11)10-14(18(21-16)24-2)17-22-19(25-23-17)13-5-3-4-6-15(13)20/h3-10H,1-2H3. The molecule has 0 spiro atoms. The number of aryl methyl sites for hydroxylation is 1. The van der Waals surface area contributed by atoms with Crippen LogP contribution in [0.1, 0.15) is 5.56 Å². The van der Waals surface area contributed by atoms with Crippen LogP contribution in [0.2, 0.25) is 0 Å². The van der Waals surface area contributed by atoms with E-state index >= 15 is 0 Å². The first-order valence-electron chi connectivity index (χ1n) is 7.70. The number of pyridine rings is 1. The zero-order valence-corrected chi connectivity index (χ0v) is 15.2. The lowest BCUT2D eigenvalue weighted by molar-refractivity contribution is 0.399. The average Bonchev–Trinajstić information content (AvgIpc) is 3.10. The van der Waals surface area contributed by atoms with Gasteiger partial charge in [0.2, 0.25) is 11.7 Å². The third-order valence-corrected chi connectivity index (χ3v) is 4.59. The molecule has 2 heterocycles. The Balaban J connectivity index is 1.86. The molecular formula is C19H14BrN3O2. The number of hydrogen-bond acceptors (Lipinski definition) is 5. The van der Waals surface area contributed by atoms with Crippen LogP contribution < -0.4 is 4.74 Å². The van der Waals surface area contributed by atoms with E-state index in [0.717, 1.165) is 26.5 Å². The van der Waals surface area contributed by atoms with Crippen LogP contribution in [0, 0.1) is 6.92 Å². The normalized spacial score (nSPS) is 11.0. The summed E-state index contributed by atoms with van der Waals surface area (Å²) < 4.78 is 11.8. The Morgan fingerprint density at radius 1 is 1.00 bits per heavy atom. The van der Waals surface area contributed by atoms with Crippen molar-refractivity contribution in [2.75, 3.05) is 7.11 Å². The summed E-state index contributed by atoms with van der Waals surface area (Å²) in [6.07, 6.45) is 0. The van der Waals surface area contributed by atoms with E-state index in [1.165, 1.54) is 0 Å². The highest BCUT2D eigenvalue weighted by Gasteiger charge is 2.18. The van der Waals surface area contributed by atoms with Crippen LogP contribution in [-0.4, -0.2) is 22.2 Å². The summed E-state index contributed by atoms with van der Waals surface area (Å²) in [5.41, 5.74) is 3.56.